The standard InChI is InChI=1S/C12H23NO/c1-4-12(2,3)11(14)13-9-10-7-5-6-8-10/h10H,4-9H2,1-3H3,(H,13,14). The molecular weight excluding hydrogens is 174 g/mol. The van der Waals surface area contributed by atoms with E-state index in [1.54, 1.807) is 0 Å². The summed E-state index contributed by atoms with van der Waals surface area (Å²) >= 11 is 0. The largest absolute Gasteiger partial charge is 0.355 e. The minimum Gasteiger partial charge on any atom is -0.355 e. The Morgan fingerprint density at radius 2 is 1.93 bits per heavy atom. The van der Waals surface area contributed by atoms with Crippen molar-refractivity contribution < 1.29 is 4.79 Å². The normalized spacial score (nSPS) is 18.5. The molecule has 0 atom stereocenters. The van der Waals surface area contributed by atoms with Gasteiger partial charge >= 0.3 is 0 Å². The third-order valence-corrected chi connectivity index (χ3v) is 3.52. The zero-order chi connectivity index (χ0) is 10.6. The van der Waals surface area contributed by atoms with Crippen molar-refractivity contribution in [2.45, 2.75) is 52.9 Å². The second-order valence-corrected chi connectivity index (χ2v) is 5.10. The maximum absolute atomic E-state index is 11.7. The molecule has 2 heteroatoms. The van der Waals surface area contributed by atoms with Crippen LogP contribution in [0.1, 0.15) is 52.9 Å². The molecule has 0 heterocycles. The summed E-state index contributed by atoms with van der Waals surface area (Å²) in [6.45, 7) is 6.98. The van der Waals surface area contributed by atoms with Gasteiger partial charge in [-0.15, -0.1) is 0 Å². The fourth-order valence-corrected chi connectivity index (χ4v) is 1.85. The smallest absolute Gasteiger partial charge is 0.225 e. The number of carbonyl (C=O) groups excluding carboxylic acids is 1. The average Bonchev–Trinajstić information content (AvgIpc) is 2.66. The zero-order valence-electron chi connectivity index (χ0n) is 9.73. The number of carbonyl (C=O) groups is 1. The lowest BCUT2D eigenvalue weighted by Gasteiger charge is -2.22. The van der Waals surface area contributed by atoms with Crippen LogP contribution in [0.2, 0.25) is 0 Å². The molecule has 1 amide bonds. The molecular formula is C12H23NO. The Hall–Kier alpha value is -0.530. The van der Waals surface area contributed by atoms with Gasteiger partial charge in [0.2, 0.25) is 5.91 Å². The molecule has 14 heavy (non-hydrogen) atoms. The highest BCUT2D eigenvalue weighted by Gasteiger charge is 2.26. The summed E-state index contributed by atoms with van der Waals surface area (Å²) in [5.41, 5.74) is -0.196. The molecule has 1 fully saturated rings. The van der Waals surface area contributed by atoms with Crippen molar-refractivity contribution in [1.29, 1.82) is 0 Å². The summed E-state index contributed by atoms with van der Waals surface area (Å²) in [6, 6.07) is 0. The molecule has 0 unspecified atom stereocenters. The van der Waals surface area contributed by atoms with E-state index in [0.29, 0.717) is 0 Å². The maximum atomic E-state index is 11.7. The van der Waals surface area contributed by atoms with E-state index in [0.717, 1.165) is 18.9 Å². The second-order valence-electron chi connectivity index (χ2n) is 5.10. The molecule has 0 aromatic heterocycles. The Labute approximate surface area is 87.5 Å². The molecule has 82 valence electrons. The quantitative estimate of drug-likeness (QED) is 0.737. The van der Waals surface area contributed by atoms with E-state index in [1.165, 1.54) is 25.7 Å². The van der Waals surface area contributed by atoms with Crippen molar-refractivity contribution in [3.63, 3.8) is 0 Å². The minimum atomic E-state index is -0.196. The third kappa shape index (κ3) is 3.00. The van der Waals surface area contributed by atoms with Gasteiger partial charge in [-0.3, -0.25) is 4.79 Å². The fraction of sp³-hybridized carbons (Fsp3) is 0.917. The van der Waals surface area contributed by atoms with Gasteiger partial charge in [-0.25, -0.2) is 0 Å². The van der Waals surface area contributed by atoms with Crippen LogP contribution in [0.3, 0.4) is 0 Å². The summed E-state index contributed by atoms with van der Waals surface area (Å²) in [5, 5.41) is 3.08. The first kappa shape index (κ1) is 11.5. The predicted molar refractivity (Wildman–Crippen MR) is 59.0 cm³/mol. The van der Waals surface area contributed by atoms with E-state index in [2.05, 4.69) is 12.2 Å². The van der Waals surface area contributed by atoms with Crippen LogP contribution in [0.4, 0.5) is 0 Å². The van der Waals surface area contributed by atoms with Crippen LogP contribution in [-0.2, 0) is 4.79 Å². The lowest BCUT2D eigenvalue weighted by molar-refractivity contribution is -0.129. The van der Waals surface area contributed by atoms with Crippen LogP contribution in [-0.4, -0.2) is 12.5 Å². The first-order chi connectivity index (χ1) is 6.56. The monoisotopic (exact) mass is 197 g/mol. The Morgan fingerprint density at radius 3 is 2.43 bits per heavy atom. The first-order valence-electron chi connectivity index (χ1n) is 5.84. The summed E-state index contributed by atoms with van der Waals surface area (Å²) in [4.78, 5) is 11.7. The first-order valence-corrected chi connectivity index (χ1v) is 5.84. The summed E-state index contributed by atoms with van der Waals surface area (Å²) in [6.07, 6.45) is 6.19. The van der Waals surface area contributed by atoms with Gasteiger partial charge in [0.05, 0.1) is 0 Å². The van der Waals surface area contributed by atoms with Gasteiger partial charge < -0.3 is 5.32 Å². The Bertz CT molecular complexity index is 192. The molecule has 0 bridgehead atoms. The molecule has 1 aliphatic carbocycles. The Balaban J connectivity index is 2.26. The van der Waals surface area contributed by atoms with Gasteiger partial charge in [0, 0.05) is 12.0 Å². The zero-order valence-corrected chi connectivity index (χ0v) is 9.73. The second kappa shape index (κ2) is 4.81. The Morgan fingerprint density at radius 1 is 1.36 bits per heavy atom. The van der Waals surface area contributed by atoms with Gasteiger partial charge in [-0.2, -0.15) is 0 Å². The maximum Gasteiger partial charge on any atom is 0.225 e. The average molecular weight is 197 g/mol. The highest BCUT2D eigenvalue weighted by Crippen LogP contribution is 2.25. The van der Waals surface area contributed by atoms with Crippen LogP contribution in [0, 0.1) is 11.3 Å². The van der Waals surface area contributed by atoms with Crippen molar-refractivity contribution in [1.82, 2.24) is 5.32 Å². The number of rotatable bonds is 4. The number of nitrogens with one attached hydrogen (secondary N) is 1. The number of hydrogen-bond acceptors (Lipinski definition) is 1. The number of hydrogen-bond donors (Lipinski definition) is 1. The third-order valence-electron chi connectivity index (χ3n) is 3.52. The van der Waals surface area contributed by atoms with Gasteiger partial charge in [-0.05, 0) is 25.2 Å². The van der Waals surface area contributed by atoms with E-state index in [-0.39, 0.29) is 11.3 Å². The van der Waals surface area contributed by atoms with Gasteiger partial charge in [0.25, 0.3) is 0 Å². The lowest BCUT2D eigenvalue weighted by atomic mass is 9.89. The van der Waals surface area contributed by atoms with Crippen LogP contribution in [0.5, 0.6) is 0 Å². The van der Waals surface area contributed by atoms with Crippen molar-refractivity contribution in [3.8, 4) is 0 Å². The van der Waals surface area contributed by atoms with E-state index in [9.17, 15) is 4.79 Å². The molecule has 1 aliphatic rings. The Kier molecular flexibility index (Phi) is 3.97. The number of amides is 1. The molecule has 0 radical (unpaired) electrons. The molecule has 0 aromatic rings. The molecule has 0 saturated heterocycles. The summed E-state index contributed by atoms with van der Waals surface area (Å²) < 4.78 is 0. The molecule has 0 aromatic carbocycles. The lowest BCUT2D eigenvalue weighted by Crippen LogP contribution is -2.38. The van der Waals surface area contributed by atoms with Crippen LogP contribution < -0.4 is 5.32 Å². The molecule has 0 aliphatic heterocycles. The SMILES string of the molecule is CCC(C)(C)C(=O)NCC1CCCC1. The summed E-state index contributed by atoms with van der Waals surface area (Å²) in [5.74, 6) is 0.957. The minimum absolute atomic E-state index is 0.196. The van der Waals surface area contributed by atoms with Crippen LogP contribution >= 0.6 is 0 Å². The predicted octanol–water partition coefficient (Wildman–Crippen LogP) is 2.73. The van der Waals surface area contributed by atoms with E-state index in [1.807, 2.05) is 13.8 Å². The van der Waals surface area contributed by atoms with Crippen LogP contribution in [0.15, 0.2) is 0 Å². The van der Waals surface area contributed by atoms with Crippen LogP contribution in [0.25, 0.3) is 0 Å². The van der Waals surface area contributed by atoms with Crippen molar-refractivity contribution in [2.24, 2.45) is 11.3 Å². The van der Waals surface area contributed by atoms with Gasteiger partial charge in [0.1, 0.15) is 0 Å². The fourth-order valence-electron chi connectivity index (χ4n) is 1.85. The molecule has 1 N–H and O–H groups in total. The topological polar surface area (TPSA) is 29.1 Å². The van der Waals surface area contributed by atoms with Gasteiger partial charge in [-0.1, -0.05) is 33.6 Å². The molecule has 0 spiro atoms. The van der Waals surface area contributed by atoms with E-state index < -0.39 is 0 Å². The van der Waals surface area contributed by atoms with Gasteiger partial charge in [0.15, 0.2) is 0 Å². The van der Waals surface area contributed by atoms with E-state index in [4.69, 9.17) is 0 Å². The summed E-state index contributed by atoms with van der Waals surface area (Å²) in [7, 11) is 0. The van der Waals surface area contributed by atoms with Crippen molar-refractivity contribution in [2.75, 3.05) is 6.54 Å². The molecule has 1 saturated carbocycles. The van der Waals surface area contributed by atoms with Crippen molar-refractivity contribution in [3.05, 3.63) is 0 Å². The highest BCUT2D eigenvalue weighted by atomic mass is 16.2. The van der Waals surface area contributed by atoms with E-state index >= 15 is 0 Å². The van der Waals surface area contributed by atoms with Crippen molar-refractivity contribution >= 4 is 5.91 Å². The molecule has 1 rings (SSSR count). The highest BCUT2D eigenvalue weighted by molar-refractivity contribution is 5.81. The molecule has 2 nitrogen and oxygen atoms in total.